The van der Waals surface area contributed by atoms with E-state index in [2.05, 4.69) is 32.0 Å². The fourth-order valence-electron chi connectivity index (χ4n) is 2.68. The van der Waals surface area contributed by atoms with Crippen LogP contribution in [-0.4, -0.2) is 0 Å². The van der Waals surface area contributed by atoms with Crippen LogP contribution in [0.25, 0.3) is 10.8 Å². The Morgan fingerprint density at radius 1 is 0.850 bits per heavy atom. The first-order valence-corrected chi connectivity index (χ1v) is 7.96. The van der Waals surface area contributed by atoms with Gasteiger partial charge in [0.05, 0.1) is 0 Å². The second kappa shape index (κ2) is 7.42. The summed E-state index contributed by atoms with van der Waals surface area (Å²) in [7, 11) is 0. The predicted molar refractivity (Wildman–Crippen MR) is 85.7 cm³/mol. The lowest BCUT2D eigenvalue weighted by molar-refractivity contribution is 0.609. The van der Waals surface area contributed by atoms with Crippen LogP contribution in [0.3, 0.4) is 0 Å². The van der Waals surface area contributed by atoms with Gasteiger partial charge in [0.25, 0.3) is 0 Å². The topological polar surface area (TPSA) is 0 Å². The molecule has 0 atom stereocenters. The second-order valence-corrected chi connectivity index (χ2v) is 5.65. The smallest absolute Gasteiger partial charge is 0.134 e. The molecule has 108 valence electrons. The van der Waals surface area contributed by atoms with Crippen molar-refractivity contribution in [2.75, 3.05) is 0 Å². The maximum atomic E-state index is 14.5. The molecule has 0 unspecified atom stereocenters. The van der Waals surface area contributed by atoms with Gasteiger partial charge in [-0.2, -0.15) is 0 Å². The number of hydrogen-bond acceptors (Lipinski definition) is 0. The molecule has 0 bridgehead atoms. The SMILES string of the molecule is CCCCCc1ccc2cc(CCCC)ccc2c1F. The number of benzene rings is 2. The molecule has 0 aliphatic rings. The molecule has 0 spiro atoms. The average molecular weight is 272 g/mol. The zero-order valence-corrected chi connectivity index (χ0v) is 12.7. The van der Waals surface area contributed by atoms with Gasteiger partial charge >= 0.3 is 0 Å². The van der Waals surface area contributed by atoms with Crippen LogP contribution in [0, 0.1) is 5.82 Å². The molecule has 0 aromatic heterocycles. The van der Waals surface area contributed by atoms with Crippen LogP contribution in [0.2, 0.25) is 0 Å². The number of hydrogen-bond donors (Lipinski definition) is 0. The van der Waals surface area contributed by atoms with Crippen molar-refractivity contribution in [3.05, 3.63) is 47.3 Å². The van der Waals surface area contributed by atoms with E-state index in [4.69, 9.17) is 0 Å². The van der Waals surface area contributed by atoms with E-state index in [9.17, 15) is 4.39 Å². The zero-order chi connectivity index (χ0) is 14.4. The second-order valence-electron chi connectivity index (χ2n) is 5.65. The Hall–Kier alpha value is -1.37. The van der Waals surface area contributed by atoms with Crippen molar-refractivity contribution in [3.63, 3.8) is 0 Å². The third kappa shape index (κ3) is 3.59. The minimum atomic E-state index is -0.0133. The van der Waals surface area contributed by atoms with Gasteiger partial charge in [-0.25, -0.2) is 4.39 Å². The molecule has 0 saturated carbocycles. The monoisotopic (exact) mass is 272 g/mol. The summed E-state index contributed by atoms with van der Waals surface area (Å²) in [5.41, 5.74) is 2.18. The third-order valence-electron chi connectivity index (χ3n) is 3.97. The van der Waals surface area contributed by atoms with Crippen LogP contribution in [-0.2, 0) is 12.8 Å². The minimum Gasteiger partial charge on any atom is -0.206 e. The Bertz CT molecular complexity index is 557. The summed E-state index contributed by atoms with van der Waals surface area (Å²) in [6.45, 7) is 4.37. The van der Waals surface area contributed by atoms with E-state index in [1.165, 1.54) is 31.2 Å². The quantitative estimate of drug-likeness (QED) is 0.538. The normalized spacial score (nSPS) is 11.2. The molecule has 0 aliphatic carbocycles. The Kier molecular flexibility index (Phi) is 5.58. The van der Waals surface area contributed by atoms with Gasteiger partial charge in [-0.3, -0.25) is 0 Å². The first kappa shape index (κ1) is 15.0. The zero-order valence-electron chi connectivity index (χ0n) is 12.7. The van der Waals surface area contributed by atoms with E-state index in [1.807, 2.05) is 12.1 Å². The highest BCUT2D eigenvalue weighted by atomic mass is 19.1. The maximum absolute atomic E-state index is 14.5. The van der Waals surface area contributed by atoms with E-state index in [-0.39, 0.29) is 5.82 Å². The van der Waals surface area contributed by atoms with E-state index >= 15 is 0 Å². The number of fused-ring (bicyclic) bond motifs is 1. The van der Waals surface area contributed by atoms with E-state index in [0.29, 0.717) is 0 Å². The lowest BCUT2D eigenvalue weighted by atomic mass is 9.98. The highest BCUT2D eigenvalue weighted by Gasteiger charge is 2.07. The molecule has 0 heterocycles. The molecule has 0 N–H and O–H groups in total. The lowest BCUT2D eigenvalue weighted by Crippen LogP contribution is -1.93. The van der Waals surface area contributed by atoms with Gasteiger partial charge in [-0.1, -0.05) is 63.4 Å². The summed E-state index contributed by atoms with van der Waals surface area (Å²) in [4.78, 5) is 0. The molecule has 1 heteroatoms. The first-order valence-electron chi connectivity index (χ1n) is 7.96. The van der Waals surface area contributed by atoms with Gasteiger partial charge in [0.1, 0.15) is 5.82 Å². The number of unbranched alkanes of at least 4 members (excludes halogenated alkanes) is 3. The molecule has 0 saturated heterocycles. The molecule has 0 nitrogen and oxygen atoms in total. The standard InChI is InChI=1S/C19H25F/c1-3-5-7-9-16-11-12-17-14-15(8-6-4-2)10-13-18(17)19(16)20/h10-14H,3-9H2,1-2H3. The molecule has 0 aliphatic heterocycles. The lowest BCUT2D eigenvalue weighted by Gasteiger charge is -2.08. The maximum Gasteiger partial charge on any atom is 0.134 e. The predicted octanol–water partition coefficient (Wildman–Crippen LogP) is 6.05. The summed E-state index contributed by atoms with van der Waals surface area (Å²) in [6.07, 6.45) is 7.77. The first-order chi connectivity index (χ1) is 9.76. The fraction of sp³-hybridized carbons (Fsp3) is 0.474. The Balaban J connectivity index is 2.22. The van der Waals surface area contributed by atoms with Gasteiger partial charge in [-0.15, -0.1) is 0 Å². The molecule has 0 fully saturated rings. The van der Waals surface area contributed by atoms with Gasteiger partial charge < -0.3 is 0 Å². The van der Waals surface area contributed by atoms with Crippen molar-refractivity contribution in [3.8, 4) is 0 Å². The highest BCUT2D eigenvalue weighted by molar-refractivity contribution is 5.84. The Morgan fingerprint density at radius 2 is 1.65 bits per heavy atom. The minimum absolute atomic E-state index is 0.0133. The summed E-state index contributed by atoms with van der Waals surface area (Å²) in [5.74, 6) is -0.0133. The van der Waals surface area contributed by atoms with Crippen molar-refractivity contribution in [2.45, 2.75) is 58.8 Å². The average Bonchev–Trinajstić information content (AvgIpc) is 2.47. The van der Waals surface area contributed by atoms with Crippen molar-refractivity contribution in [1.82, 2.24) is 0 Å². The summed E-state index contributed by atoms with van der Waals surface area (Å²) >= 11 is 0. The van der Waals surface area contributed by atoms with Gasteiger partial charge in [-0.05, 0) is 42.2 Å². The van der Waals surface area contributed by atoms with Crippen LogP contribution in [0.5, 0.6) is 0 Å². The molecule has 2 aromatic carbocycles. The third-order valence-corrected chi connectivity index (χ3v) is 3.97. The van der Waals surface area contributed by atoms with Crippen LogP contribution in [0.4, 0.5) is 4.39 Å². The molecule has 20 heavy (non-hydrogen) atoms. The van der Waals surface area contributed by atoms with Crippen molar-refractivity contribution < 1.29 is 4.39 Å². The molecule has 0 amide bonds. The van der Waals surface area contributed by atoms with Gasteiger partial charge in [0.15, 0.2) is 0 Å². The molecule has 2 rings (SSSR count). The van der Waals surface area contributed by atoms with Crippen LogP contribution in [0.1, 0.15) is 57.1 Å². The summed E-state index contributed by atoms with van der Waals surface area (Å²) in [5, 5.41) is 1.81. The van der Waals surface area contributed by atoms with E-state index < -0.39 is 0 Å². The number of aryl methyl sites for hydroxylation is 2. The summed E-state index contributed by atoms with van der Waals surface area (Å²) < 4.78 is 14.5. The number of rotatable bonds is 7. The van der Waals surface area contributed by atoms with Crippen molar-refractivity contribution in [2.24, 2.45) is 0 Å². The highest BCUT2D eigenvalue weighted by Crippen LogP contribution is 2.24. The number of halogens is 1. The molecular weight excluding hydrogens is 247 g/mol. The van der Waals surface area contributed by atoms with E-state index in [0.717, 1.165) is 35.6 Å². The Labute approximate surface area is 122 Å². The largest absolute Gasteiger partial charge is 0.206 e. The van der Waals surface area contributed by atoms with Crippen LogP contribution < -0.4 is 0 Å². The van der Waals surface area contributed by atoms with Crippen molar-refractivity contribution >= 4 is 10.8 Å². The van der Waals surface area contributed by atoms with Gasteiger partial charge in [0.2, 0.25) is 0 Å². The van der Waals surface area contributed by atoms with Crippen LogP contribution >= 0.6 is 0 Å². The molecule has 2 aromatic rings. The van der Waals surface area contributed by atoms with Crippen molar-refractivity contribution in [1.29, 1.82) is 0 Å². The molecular formula is C19H25F. The molecule has 0 radical (unpaired) electrons. The fourth-order valence-corrected chi connectivity index (χ4v) is 2.68. The van der Waals surface area contributed by atoms with Gasteiger partial charge in [0, 0.05) is 5.39 Å². The Morgan fingerprint density at radius 3 is 2.40 bits per heavy atom. The van der Waals surface area contributed by atoms with Crippen LogP contribution in [0.15, 0.2) is 30.3 Å². The summed E-state index contributed by atoms with van der Waals surface area (Å²) in [6, 6.07) is 10.2. The van der Waals surface area contributed by atoms with E-state index in [1.54, 1.807) is 0 Å².